The van der Waals surface area contributed by atoms with E-state index in [1.54, 1.807) is 0 Å². The van der Waals surface area contributed by atoms with Crippen LogP contribution in [0.3, 0.4) is 0 Å². The second kappa shape index (κ2) is 8.67. The van der Waals surface area contributed by atoms with Crippen LogP contribution in [-0.2, 0) is 4.79 Å². The predicted octanol–water partition coefficient (Wildman–Crippen LogP) is 2.47. The monoisotopic (exact) mass is 292 g/mol. The van der Waals surface area contributed by atoms with Gasteiger partial charge in [-0.05, 0) is 38.4 Å². The fraction of sp³-hybridized carbons (Fsp3) is 0.588. The summed E-state index contributed by atoms with van der Waals surface area (Å²) in [6.45, 7) is 9.96. The Kier molecular flexibility index (Phi) is 7.23. The highest BCUT2D eigenvalue weighted by atomic mass is 16.5. The summed E-state index contributed by atoms with van der Waals surface area (Å²) < 4.78 is 5.73. The van der Waals surface area contributed by atoms with Crippen molar-refractivity contribution in [1.29, 1.82) is 0 Å². The first-order valence-corrected chi connectivity index (χ1v) is 7.56. The number of likely N-dealkylation sites (N-methyl/N-ethyl adjacent to an activating group) is 1. The molecule has 0 aliphatic carbocycles. The number of hydrogen-bond acceptors (Lipinski definition) is 3. The van der Waals surface area contributed by atoms with E-state index in [1.165, 1.54) is 0 Å². The van der Waals surface area contributed by atoms with Gasteiger partial charge in [0.15, 0.2) is 0 Å². The van der Waals surface area contributed by atoms with Crippen molar-refractivity contribution in [3.05, 3.63) is 29.8 Å². The minimum Gasteiger partial charge on any atom is -0.492 e. The number of carbonyl (C=O) groups excluding carboxylic acids is 1. The molecule has 118 valence electrons. The molecule has 0 aliphatic heterocycles. The quantitative estimate of drug-likeness (QED) is 0.800. The molecule has 1 rings (SSSR count). The van der Waals surface area contributed by atoms with Gasteiger partial charge in [-0.15, -0.1) is 0 Å². The van der Waals surface area contributed by atoms with Gasteiger partial charge in [0.05, 0.1) is 6.54 Å². The Morgan fingerprint density at radius 3 is 2.57 bits per heavy atom. The maximum atomic E-state index is 11.9. The van der Waals surface area contributed by atoms with E-state index < -0.39 is 0 Å². The molecular formula is C17H28N2O2. The second-order valence-electron chi connectivity index (χ2n) is 5.95. The van der Waals surface area contributed by atoms with Crippen LogP contribution in [0.4, 0.5) is 0 Å². The lowest BCUT2D eigenvalue weighted by molar-refractivity contribution is -0.122. The number of para-hydroxylation sites is 1. The third kappa shape index (κ3) is 6.63. The fourth-order valence-electron chi connectivity index (χ4n) is 1.82. The van der Waals surface area contributed by atoms with Gasteiger partial charge < -0.3 is 10.1 Å². The maximum Gasteiger partial charge on any atom is 0.234 e. The van der Waals surface area contributed by atoms with Gasteiger partial charge in [-0.2, -0.15) is 0 Å². The maximum absolute atomic E-state index is 11.9. The summed E-state index contributed by atoms with van der Waals surface area (Å²) in [4.78, 5) is 13.8. The molecule has 1 unspecified atom stereocenters. The van der Waals surface area contributed by atoms with Gasteiger partial charge >= 0.3 is 0 Å². The Balaban J connectivity index is 2.26. The number of benzene rings is 1. The Morgan fingerprint density at radius 1 is 1.29 bits per heavy atom. The molecule has 0 saturated heterocycles. The van der Waals surface area contributed by atoms with E-state index in [0.29, 0.717) is 19.1 Å². The van der Waals surface area contributed by atoms with Crippen LogP contribution in [0.2, 0.25) is 0 Å². The van der Waals surface area contributed by atoms with Crippen molar-refractivity contribution < 1.29 is 9.53 Å². The number of hydrogen-bond donors (Lipinski definition) is 1. The first kappa shape index (κ1) is 17.5. The van der Waals surface area contributed by atoms with Crippen LogP contribution in [0.5, 0.6) is 5.75 Å². The Labute approximate surface area is 128 Å². The van der Waals surface area contributed by atoms with Crippen LogP contribution < -0.4 is 10.1 Å². The number of amides is 1. The first-order valence-electron chi connectivity index (χ1n) is 7.56. The highest BCUT2D eigenvalue weighted by molar-refractivity contribution is 5.78. The van der Waals surface area contributed by atoms with Crippen LogP contribution >= 0.6 is 0 Å². The van der Waals surface area contributed by atoms with E-state index in [9.17, 15) is 4.79 Å². The molecule has 1 N–H and O–H groups in total. The van der Waals surface area contributed by atoms with Crippen molar-refractivity contribution in [2.24, 2.45) is 5.92 Å². The Bertz CT molecular complexity index is 446. The number of nitrogens with zero attached hydrogens (tertiary/aromatic N) is 1. The Hall–Kier alpha value is -1.55. The second-order valence-corrected chi connectivity index (χ2v) is 5.95. The van der Waals surface area contributed by atoms with Gasteiger partial charge in [0.2, 0.25) is 5.91 Å². The molecule has 0 fully saturated rings. The van der Waals surface area contributed by atoms with E-state index in [0.717, 1.165) is 17.9 Å². The van der Waals surface area contributed by atoms with Crippen molar-refractivity contribution in [3.63, 3.8) is 0 Å². The zero-order valence-corrected chi connectivity index (χ0v) is 13.8. The largest absolute Gasteiger partial charge is 0.492 e. The molecule has 1 amide bonds. The molecule has 1 aromatic carbocycles. The molecule has 0 aromatic heterocycles. The molecular weight excluding hydrogens is 264 g/mol. The summed E-state index contributed by atoms with van der Waals surface area (Å²) in [5, 5.41) is 3.01. The number of ether oxygens (including phenoxy) is 1. The average Bonchev–Trinajstić information content (AvgIpc) is 2.40. The SMILES string of the molecule is Cc1ccccc1OCCN(C)CC(=O)NC(C)C(C)C. The van der Waals surface area contributed by atoms with E-state index in [4.69, 9.17) is 4.74 Å². The normalized spacial score (nSPS) is 12.5. The molecule has 0 spiro atoms. The van der Waals surface area contributed by atoms with Crippen LogP contribution in [0.25, 0.3) is 0 Å². The molecule has 1 atom stereocenters. The predicted molar refractivity (Wildman–Crippen MR) is 86.6 cm³/mol. The summed E-state index contributed by atoms with van der Waals surface area (Å²) in [7, 11) is 1.93. The van der Waals surface area contributed by atoms with Crippen LogP contribution in [0.1, 0.15) is 26.3 Å². The zero-order valence-electron chi connectivity index (χ0n) is 13.8. The standard InChI is InChI=1S/C17H28N2O2/c1-13(2)15(4)18-17(20)12-19(5)10-11-21-16-9-7-6-8-14(16)3/h6-9,13,15H,10-12H2,1-5H3,(H,18,20). The lowest BCUT2D eigenvalue weighted by Crippen LogP contribution is -2.42. The number of rotatable bonds is 8. The molecule has 0 saturated carbocycles. The molecule has 4 nitrogen and oxygen atoms in total. The minimum absolute atomic E-state index is 0.0644. The van der Waals surface area contributed by atoms with Gasteiger partial charge in [0.25, 0.3) is 0 Å². The average molecular weight is 292 g/mol. The van der Waals surface area contributed by atoms with E-state index in [-0.39, 0.29) is 11.9 Å². The fourth-order valence-corrected chi connectivity index (χ4v) is 1.82. The van der Waals surface area contributed by atoms with Gasteiger partial charge in [0, 0.05) is 12.6 Å². The molecule has 0 bridgehead atoms. The highest BCUT2D eigenvalue weighted by Crippen LogP contribution is 2.15. The zero-order chi connectivity index (χ0) is 15.8. The van der Waals surface area contributed by atoms with Crippen molar-refractivity contribution >= 4 is 5.91 Å². The molecule has 1 aromatic rings. The summed E-state index contributed by atoms with van der Waals surface area (Å²) >= 11 is 0. The molecule has 21 heavy (non-hydrogen) atoms. The molecule has 0 heterocycles. The minimum atomic E-state index is 0.0644. The van der Waals surface area contributed by atoms with Gasteiger partial charge in [-0.1, -0.05) is 32.0 Å². The third-order valence-corrected chi connectivity index (χ3v) is 3.63. The van der Waals surface area contributed by atoms with Crippen molar-refractivity contribution in [2.45, 2.75) is 33.7 Å². The van der Waals surface area contributed by atoms with E-state index >= 15 is 0 Å². The first-order chi connectivity index (χ1) is 9.90. The Morgan fingerprint density at radius 2 is 1.95 bits per heavy atom. The summed E-state index contributed by atoms with van der Waals surface area (Å²) in [5.41, 5.74) is 1.13. The molecule has 0 radical (unpaired) electrons. The number of nitrogens with one attached hydrogen (secondary N) is 1. The lowest BCUT2D eigenvalue weighted by Gasteiger charge is -2.21. The van der Waals surface area contributed by atoms with Gasteiger partial charge in [0.1, 0.15) is 12.4 Å². The van der Waals surface area contributed by atoms with Crippen molar-refractivity contribution in [2.75, 3.05) is 26.7 Å². The van der Waals surface area contributed by atoms with Crippen molar-refractivity contribution in [3.8, 4) is 5.75 Å². The van der Waals surface area contributed by atoms with Crippen molar-refractivity contribution in [1.82, 2.24) is 10.2 Å². The van der Waals surface area contributed by atoms with E-state index in [1.807, 2.05) is 50.1 Å². The summed E-state index contributed by atoms with van der Waals surface area (Å²) in [6, 6.07) is 8.15. The lowest BCUT2D eigenvalue weighted by atomic mass is 10.1. The number of aryl methyl sites for hydroxylation is 1. The number of carbonyl (C=O) groups is 1. The topological polar surface area (TPSA) is 41.6 Å². The highest BCUT2D eigenvalue weighted by Gasteiger charge is 2.12. The van der Waals surface area contributed by atoms with Gasteiger partial charge in [-0.3, -0.25) is 9.69 Å². The molecule has 0 aliphatic rings. The van der Waals surface area contributed by atoms with Crippen LogP contribution in [-0.4, -0.2) is 43.6 Å². The van der Waals surface area contributed by atoms with E-state index in [2.05, 4.69) is 19.2 Å². The smallest absolute Gasteiger partial charge is 0.234 e. The summed E-state index contributed by atoms with van der Waals surface area (Å²) in [5.74, 6) is 1.42. The van der Waals surface area contributed by atoms with Crippen LogP contribution in [0, 0.1) is 12.8 Å². The molecule has 4 heteroatoms. The third-order valence-electron chi connectivity index (χ3n) is 3.63. The summed E-state index contributed by atoms with van der Waals surface area (Å²) in [6.07, 6.45) is 0. The van der Waals surface area contributed by atoms with Crippen LogP contribution in [0.15, 0.2) is 24.3 Å². The van der Waals surface area contributed by atoms with Gasteiger partial charge in [-0.25, -0.2) is 0 Å².